The number of carbonyl (C=O) groups excluding carboxylic acids is 1. The third kappa shape index (κ3) is 3.69. The second-order valence-electron chi connectivity index (χ2n) is 4.03. The van der Waals surface area contributed by atoms with E-state index in [9.17, 15) is 4.79 Å². The lowest BCUT2D eigenvalue weighted by Gasteiger charge is -2.21. The van der Waals surface area contributed by atoms with Crippen molar-refractivity contribution in [3.8, 4) is 0 Å². The van der Waals surface area contributed by atoms with Crippen LogP contribution in [-0.2, 0) is 16.0 Å². The highest BCUT2D eigenvalue weighted by Gasteiger charge is 2.16. The summed E-state index contributed by atoms with van der Waals surface area (Å²) in [5, 5.41) is 0. The predicted octanol–water partition coefficient (Wildman–Crippen LogP) is 1.28. The molecular weight excluding hydrogens is 218 g/mol. The van der Waals surface area contributed by atoms with Crippen molar-refractivity contribution >= 4 is 11.8 Å². The van der Waals surface area contributed by atoms with Gasteiger partial charge in [-0.2, -0.15) is 0 Å². The SMILES string of the molecule is CCc1cc(N(C)CC(C)C(=O)OC)ncn1. The Labute approximate surface area is 102 Å². The second kappa shape index (κ2) is 6.18. The fourth-order valence-corrected chi connectivity index (χ4v) is 1.57. The number of esters is 1. The van der Waals surface area contributed by atoms with E-state index in [1.54, 1.807) is 6.33 Å². The van der Waals surface area contributed by atoms with Crippen molar-refractivity contribution in [1.82, 2.24) is 9.97 Å². The summed E-state index contributed by atoms with van der Waals surface area (Å²) in [6.07, 6.45) is 2.42. The number of rotatable bonds is 5. The first-order valence-electron chi connectivity index (χ1n) is 5.68. The molecule has 0 radical (unpaired) electrons. The van der Waals surface area contributed by atoms with E-state index in [0.717, 1.165) is 17.9 Å². The Balaban J connectivity index is 2.68. The molecule has 5 nitrogen and oxygen atoms in total. The third-order valence-electron chi connectivity index (χ3n) is 2.61. The zero-order valence-electron chi connectivity index (χ0n) is 10.8. The van der Waals surface area contributed by atoms with Crippen molar-refractivity contribution in [2.24, 2.45) is 5.92 Å². The summed E-state index contributed by atoms with van der Waals surface area (Å²) in [6, 6.07) is 1.93. The molecule has 0 saturated heterocycles. The molecule has 5 heteroatoms. The number of nitrogens with zero attached hydrogens (tertiary/aromatic N) is 3. The molecule has 0 fully saturated rings. The molecule has 0 aliphatic rings. The molecule has 1 aromatic rings. The first-order chi connectivity index (χ1) is 8.08. The van der Waals surface area contributed by atoms with Crippen molar-refractivity contribution in [1.29, 1.82) is 0 Å². The maximum Gasteiger partial charge on any atom is 0.310 e. The standard InChI is InChI=1S/C12H19N3O2/c1-5-10-6-11(14-8-13-10)15(3)7-9(2)12(16)17-4/h6,8-9H,5,7H2,1-4H3. The summed E-state index contributed by atoms with van der Waals surface area (Å²) >= 11 is 0. The van der Waals surface area contributed by atoms with E-state index in [1.807, 2.05) is 31.9 Å². The van der Waals surface area contributed by atoms with Crippen LogP contribution in [0.1, 0.15) is 19.5 Å². The van der Waals surface area contributed by atoms with Crippen LogP contribution < -0.4 is 4.90 Å². The van der Waals surface area contributed by atoms with Gasteiger partial charge in [-0.25, -0.2) is 9.97 Å². The molecule has 1 unspecified atom stereocenters. The van der Waals surface area contributed by atoms with E-state index in [0.29, 0.717) is 6.54 Å². The molecule has 17 heavy (non-hydrogen) atoms. The predicted molar refractivity (Wildman–Crippen MR) is 65.9 cm³/mol. The highest BCUT2D eigenvalue weighted by atomic mass is 16.5. The first-order valence-corrected chi connectivity index (χ1v) is 5.68. The molecule has 94 valence electrons. The van der Waals surface area contributed by atoms with Gasteiger partial charge in [0.25, 0.3) is 0 Å². The molecule has 0 spiro atoms. The average Bonchev–Trinajstić information content (AvgIpc) is 2.37. The number of hydrogen-bond donors (Lipinski definition) is 0. The monoisotopic (exact) mass is 237 g/mol. The van der Waals surface area contributed by atoms with Crippen LogP contribution in [0.3, 0.4) is 0 Å². The van der Waals surface area contributed by atoms with Crippen LogP contribution in [0.15, 0.2) is 12.4 Å². The summed E-state index contributed by atoms with van der Waals surface area (Å²) in [6.45, 7) is 4.46. The van der Waals surface area contributed by atoms with E-state index in [1.165, 1.54) is 7.11 Å². The molecule has 1 rings (SSSR count). The number of carbonyl (C=O) groups is 1. The summed E-state index contributed by atoms with van der Waals surface area (Å²) in [5.41, 5.74) is 0.993. The Bertz CT molecular complexity index is 382. The van der Waals surface area contributed by atoms with Crippen molar-refractivity contribution in [2.45, 2.75) is 20.3 Å². The van der Waals surface area contributed by atoms with Gasteiger partial charge in [0.05, 0.1) is 13.0 Å². The van der Waals surface area contributed by atoms with E-state index < -0.39 is 0 Å². The minimum atomic E-state index is -0.207. The molecule has 0 amide bonds. The van der Waals surface area contributed by atoms with Gasteiger partial charge in [0.15, 0.2) is 0 Å². The summed E-state index contributed by atoms with van der Waals surface area (Å²) in [4.78, 5) is 21.6. The number of aromatic nitrogens is 2. The van der Waals surface area contributed by atoms with Crippen LogP contribution in [0.5, 0.6) is 0 Å². The van der Waals surface area contributed by atoms with Crippen LogP contribution in [-0.4, -0.2) is 36.6 Å². The molecule has 1 heterocycles. The molecule has 0 N–H and O–H groups in total. The van der Waals surface area contributed by atoms with Crippen molar-refractivity contribution in [3.63, 3.8) is 0 Å². The van der Waals surface area contributed by atoms with Gasteiger partial charge in [0, 0.05) is 25.4 Å². The molecule has 0 bridgehead atoms. The normalized spacial score (nSPS) is 12.0. The second-order valence-corrected chi connectivity index (χ2v) is 4.03. The van der Waals surface area contributed by atoms with E-state index >= 15 is 0 Å². The number of hydrogen-bond acceptors (Lipinski definition) is 5. The van der Waals surface area contributed by atoms with Gasteiger partial charge in [-0.05, 0) is 6.42 Å². The Hall–Kier alpha value is -1.65. The van der Waals surface area contributed by atoms with Crippen LogP contribution in [0.25, 0.3) is 0 Å². The van der Waals surface area contributed by atoms with Gasteiger partial charge >= 0.3 is 5.97 Å². The molecule has 1 atom stereocenters. The molecule has 0 aromatic carbocycles. The van der Waals surface area contributed by atoms with Crippen molar-refractivity contribution in [3.05, 3.63) is 18.1 Å². The number of anilines is 1. The zero-order valence-corrected chi connectivity index (χ0v) is 10.8. The lowest BCUT2D eigenvalue weighted by atomic mass is 10.2. The van der Waals surface area contributed by atoms with E-state index in [4.69, 9.17) is 4.74 Å². The zero-order chi connectivity index (χ0) is 12.8. The molecular formula is C12H19N3O2. The van der Waals surface area contributed by atoms with Crippen LogP contribution >= 0.6 is 0 Å². The molecule has 0 aliphatic heterocycles. The summed E-state index contributed by atoms with van der Waals surface area (Å²) in [5.74, 6) is 0.444. The first kappa shape index (κ1) is 13.4. The quantitative estimate of drug-likeness (QED) is 0.722. The fourth-order valence-electron chi connectivity index (χ4n) is 1.57. The fraction of sp³-hybridized carbons (Fsp3) is 0.583. The van der Waals surface area contributed by atoms with Gasteiger partial charge in [-0.3, -0.25) is 4.79 Å². The number of aryl methyl sites for hydroxylation is 1. The summed E-state index contributed by atoms with van der Waals surface area (Å²) < 4.78 is 4.70. The third-order valence-corrected chi connectivity index (χ3v) is 2.61. The Morgan fingerprint density at radius 2 is 2.24 bits per heavy atom. The highest BCUT2D eigenvalue weighted by molar-refractivity contribution is 5.72. The highest BCUT2D eigenvalue weighted by Crippen LogP contribution is 2.12. The van der Waals surface area contributed by atoms with Gasteiger partial charge in [0.1, 0.15) is 12.1 Å². The maximum absolute atomic E-state index is 11.3. The van der Waals surface area contributed by atoms with Crippen LogP contribution in [0, 0.1) is 5.92 Å². The number of ether oxygens (including phenoxy) is 1. The number of methoxy groups -OCH3 is 1. The Morgan fingerprint density at radius 3 is 2.82 bits per heavy atom. The van der Waals surface area contributed by atoms with Crippen LogP contribution in [0.2, 0.25) is 0 Å². The summed E-state index contributed by atoms with van der Waals surface area (Å²) in [7, 11) is 3.31. The van der Waals surface area contributed by atoms with E-state index in [-0.39, 0.29) is 11.9 Å². The van der Waals surface area contributed by atoms with Crippen LogP contribution in [0.4, 0.5) is 5.82 Å². The smallest absolute Gasteiger partial charge is 0.310 e. The van der Waals surface area contributed by atoms with Gasteiger partial charge in [-0.15, -0.1) is 0 Å². The Morgan fingerprint density at radius 1 is 1.53 bits per heavy atom. The maximum atomic E-state index is 11.3. The lowest BCUT2D eigenvalue weighted by molar-refractivity contribution is -0.144. The van der Waals surface area contributed by atoms with Gasteiger partial charge in [0.2, 0.25) is 0 Å². The molecule has 0 saturated carbocycles. The minimum Gasteiger partial charge on any atom is -0.469 e. The largest absolute Gasteiger partial charge is 0.469 e. The van der Waals surface area contributed by atoms with Crippen molar-refractivity contribution < 1.29 is 9.53 Å². The molecule has 0 aliphatic carbocycles. The van der Waals surface area contributed by atoms with E-state index in [2.05, 4.69) is 9.97 Å². The molecule has 1 aromatic heterocycles. The lowest BCUT2D eigenvalue weighted by Crippen LogP contribution is -2.29. The minimum absolute atomic E-state index is 0.176. The van der Waals surface area contributed by atoms with Crippen molar-refractivity contribution in [2.75, 3.05) is 25.6 Å². The van der Waals surface area contributed by atoms with Gasteiger partial charge in [-0.1, -0.05) is 13.8 Å². The average molecular weight is 237 g/mol. The topological polar surface area (TPSA) is 55.3 Å². The Kier molecular flexibility index (Phi) is 4.87. The van der Waals surface area contributed by atoms with Gasteiger partial charge < -0.3 is 9.64 Å².